The molecule has 0 aliphatic carbocycles. The van der Waals surface area contributed by atoms with Gasteiger partial charge >= 0.3 is 0 Å². The number of piperidine rings is 1. The number of nitrogens with zero attached hydrogens (tertiary/aromatic N) is 3. The van der Waals surface area contributed by atoms with Crippen LogP contribution in [0.2, 0.25) is 0 Å². The van der Waals surface area contributed by atoms with Crippen molar-refractivity contribution in [3.05, 3.63) is 78.4 Å². The average molecular weight is 566 g/mol. The summed E-state index contributed by atoms with van der Waals surface area (Å²) >= 11 is 1.46. The molecule has 0 radical (unpaired) electrons. The summed E-state index contributed by atoms with van der Waals surface area (Å²) in [6.45, 7) is 3.46. The molecule has 1 saturated heterocycles. The quantitative estimate of drug-likeness (QED) is 0.272. The number of rotatable bonds is 9. The number of thiazole rings is 1. The summed E-state index contributed by atoms with van der Waals surface area (Å²) in [5.74, 6) is 1.03. The summed E-state index contributed by atoms with van der Waals surface area (Å²) in [6, 6.07) is 22.0. The second-order valence-corrected chi connectivity index (χ2v) is 12.3. The van der Waals surface area contributed by atoms with Gasteiger partial charge in [0.05, 0.1) is 35.4 Å². The molecule has 5 rings (SSSR count). The predicted octanol–water partition coefficient (Wildman–Crippen LogP) is 5.34. The Morgan fingerprint density at radius 3 is 2.38 bits per heavy atom. The molecule has 1 fully saturated rings. The van der Waals surface area contributed by atoms with Crippen LogP contribution in [0.25, 0.3) is 10.2 Å². The Kier molecular flexibility index (Phi) is 8.15. The summed E-state index contributed by atoms with van der Waals surface area (Å²) in [5.41, 5.74) is 1.81. The van der Waals surface area contributed by atoms with E-state index in [-0.39, 0.29) is 29.8 Å². The second kappa shape index (κ2) is 11.7. The number of carbonyl (C=O) groups excluding carboxylic acids is 1. The smallest absolute Gasteiger partial charge is 0.243 e. The number of hydrogen-bond acceptors (Lipinski definition) is 7. The van der Waals surface area contributed by atoms with Gasteiger partial charge in [0.15, 0.2) is 5.13 Å². The maximum absolute atomic E-state index is 13.9. The molecule has 0 saturated carbocycles. The first-order valence-electron chi connectivity index (χ1n) is 12.9. The molecule has 0 atom stereocenters. The number of fused-ring (bicyclic) bond motifs is 1. The number of sulfonamides is 1. The van der Waals surface area contributed by atoms with Crippen molar-refractivity contribution in [3.63, 3.8) is 0 Å². The van der Waals surface area contributed by atoms with E-state index in [1.54, 1.807) is 36.3 Å². The minimum atomic E-state index is -3.65. The van der Waals surface area contributed by atoms with Crippen molar-refractivity contribution in [1.29, 1.82) is 0 Å². The summed E-state index contributed by atoms with van der Waals surface area (Å²) < 4.78 is 39.6. The molecular formula is C29H31N3O5S2. The monoisotopic (exact) mass is 565 g/mol. The molecule has 0 bridgehead atoms. The number of hydrogen-bond donors (Lipinski definition) is 0. The second-order valence-electron chi connectivity index (χ2n) is 9.32. The fourth-order valence-electron chi connectivity index (χ4n) is 4.73. The van der Waals surface area contributed by atoms with E-state index in [4.69, 9.17) is 14.5 Å². The van der Waals surface area contributed by atoms with E-state index in [1.165, 1.54) is 15.6 Å². The van der Waals surface area contributed by atoms with Crippen LogP contribution in [-0.2, 0) is 21.4 Å². The average Bonchev–Trinajstić information content (AvgIpc) is 3.39. The highest BCUT2D eigenvalue weighted by Crippen LogP contribution is 2.34. The Bertz CT molecular complexity index is 1530. The summed E-state index contributed by atoms with van der Waals surface area (Å²) in [6.07, 6.45) is 0.887. The van der Waals surface area contributed by atoms with Crippen molar-refractivity contribution in [2.75, 3.05) is 31.7 Å². The van der Waals surface area contributed by atoms with Gasteiger partial charge in [0.1, 0.15) is 11.5 Å². The molecule has 2 heterocycles. The largest absolute Gasteiger partial charge is 0.497 e. The van der Waals surface area contributed by atoms with Crippen molar-refractivity contribution in [2.24, 2.45) is 5.92 Å². The Labute approximate surface area is 232 Å². The summed E-state index contributed by atoms with van der Waals surface area (Å²) in [5, 5.41) is 0.626. The van der Waals surface area contributed by atoms with Crippen LogP contribution in [0, 0.1) is 5.92 Å². The van der Waals surface area contributed by atoms with Crippen LogP contribution in [-0.4, -0.2) is 50.4 Å². The first kappa shape index (κ1) is 27.1. The fraction of sp³-hybridized carbons (Fsp3) is 0.310. The number of aromatic nitrogens is 1. The molecule has 1 aliphatic heterocycles. The first-order valence-corrected chi connectivity index (χ1v) is 15.2. The first-order chi connectivity index (χ1) is 18.9. The van der Waals surface area contributed by atoms with Gasteiger partial charge in [-0.3, -0.25) is 9.69 Å². The Morgan fingerprint density at radius 1 is 1.03 bits per heavy atom. The van der Waals surface area contributed by atoms with Gasteiger partial charge in [-0.2, -0.15) is 4.31 Å². The number of benzene rings is 3. The molecule has 39 heavy (non-hydrogen) atoms. The predicted molar refractivity (Wildman–Crippen MR) is 153 cm³/mol. The molecule has 3 aromatic carbocycles. The zero-order valence-corrected chi connectivity index (χ0v) is 23.6. The molecular weight excluding hydrogens is 534 g/mol. The van der Waals surface area contributed by atoms with E-state index < -0.39 is 10.0 Å². The maximum atomic E-state index is 13.9. The number of anilines is 1. The normalized spacial score (nSPS) is 14.8. The number of methoxy groups -OCH3 is 1. The zero-order chi connectivity index (χ0) is 27.4. The van der Waals surface area contributed by atoms with Gasteiger partial charge < -0.3 is 9.47 Å². The lowest BCUT2D eigenvalue weighted by molar-refractivity contribution is -0.123. The lowest BCUT2D eigenvalue weighted by atomic mass is 9.96. The van der Waals surface area contributed by atoms with Crippen LogP contribution >= 0.6 is 11.3 Å². The lowest BCUT2D eigenvalue weighted by Crippen LogP contribution is -2.44. The topological polar surface area (TPSA) is 89.0 Å². The van der Waals surface area contributed by atoms with E-state index in [2.05, 4.69) is 0 Å². The molecule has 0 spiro atoms. The van der Waals surface area contributed by atoms with E-state index >= 15 is 0 Å². The van der Waals surface area contributed by atoms with Gasteiger partial charge in [-0.1, -0.05) is 41.7 Å². The third-order valence-electron chi connectivity index (χ3n) is 6.84. The Balaban J connectivity index is 1.36. The molecule has 8 nitrogen and oxygen atoms in total. The van der Waals surface area contributed by atoms with Gasteiger partial charge in [-0.15, -0.1) is 0 Å². The zero-order valence-electron chi connectivity index (χ0n) is 21.9. The van der Waals surface area contributed by atoms with Gasteiger partial charge in [-0.25, -0.2) is 13.4 Å². The maximum Gasteiger partial charge on any atom is 0.243 e. The van der Waals surface area contributed by atoms with Crippen molar-refractivity contribution in [3.8, 4) is 11.5 Å². The summed E-state index contributed by atoms with van der Waals surface area (Å²) in [7, 11) is -2.11. The van der Waals surface area contributed by atoms with Gasteiger partial charge in [0.25, 0.3) is 0 Å². The third kappa shape index (κ3) is 5.93. The number of amides is 1. The van der Waals surface area contributed by atoms with Crippen molar-refractivity contribution in [1.82, 2.24) is 9.29 Å². The molecule has 10 heteroatoms. The van der Waals surface area contributed by atoms with Crippen LogP contribution < -0.4 is 14.4 Å². The van der Waals surface area contributed by atoms with Gasteiger partial charge in [0.2, 0.25) is 15.9 Å². The molecule has 0 N–H and O–H groups in total. The van der Waals surface area contributed by atoms with Crippen LogP contribution in [0.5, 0.6) is 11.5 Å². The molecule has 1 aliphatic rings. The highest BCUT2D eigenvalue weighted by atomic mass is 32.2. The van der Waals surface area contributed by atoms with E-state index in [0.29, 0.717) is 36.9 Å². The molecule has 0 unspecified atom stereocenters. The van der Waals surface area contributed by atoms with E-state index in [9.17, 15) is 13.2 Å². The van der Waals surface area contributed by atoms with Gasteiger partial charge in [-0.05, 0) is 67.8 Å². The van der Waals surface area contributed by atoms with Gasteiger partial charge in [0, 0.05) is 19.0 Å². The van der Waals surface area contributed by atoms with Crippen molar-refractivity contribution >= 4 is 42.6 Å². The molecule has 4 aromatic rings. The van der Waals surface area contributed by atoms with Crippen LogP contribution in [0.3, 0.4) is 0 Å². The highest BCUT2D eigenvalue weighted by Gasteiger charge is 2.35. The Morgan fingerprint density at radius 2 is 1.72 bits per heavy atom. The molecule has 1 aromatic heterocycles. The summed E-state index contributed by atoms with van der Waals surface area (Å²) in [4.78, 5) is 20.7. The van der Waals surface area contributed by atoms with E-state index in [0.717, 1.165) is 21.5 Å². The lowest BCUT2D eigenvalue weighted by Gasteiger charge is -2.33. The minimum Gasteiger partial charge on any atom is -0.497 e. The third-order valence-corrected chi connectivity index (χ3v) is 9.79. The fourth-order valence-corrected chi connectivity index (χ4v) is 7.20. The molecule has 204 valence electrons. The van der Waals surface area contributed by atoms with Crippen molar-refractivity contribution < 1.29 is 22.7 Å². The number of ether oxygens (including phenoxy) is 2. The van der Waals surface area contributed by atoms with E-state index in [1.807, 2.05) is 55.5 Å². The highest BCUT2D eigenvalue weighted by molar-refractivity contribution is 7.89. The van der Waals surface area contributed by atoms with Crippen LogP contribution in [0.15, 0.2) is 77.7 Å². The van der Waals surface area contributed by atoms with Crippen LogP contribution in [0.1, 0.15) is 25.3 Å². The van der Waals surface area contributed by atoms with Crippen LogP contribution in [0.4, 0.5) is 5.13 Å². The van der Waals surface area contributed by atoms with Crippen molar-refractivity contribution in [2.45, 2.75) is 31.2 Å². The SMILES string of the molecule is CCOc1ccc2nc(N(Cc3ccccc3)C(=O)C3CCN(S(=O)(=O)c4ccc(OC)cc4)CC3)sc2c1. The standard InChI is InChI=1S/C29H31N3O5S2/c1-3-37-24-11-14-26-27(19-24)38-29(30-26)32(20-21-7-5-4-6-8-21)28(33)22-15-17-31(18-16-22)39(34,35)25-12-9-23(36-2)10-13-25/h4-14,19,22H,3,15-18,20H2,1-2H3. The Hall–Kier alpha value is -3.47. The minimum absolute atomic E-state index is 0.0376. The number of carbonyl (C=O) groups is 1. The molecule has 1 amide bonds.